The predicted octanol–water partition coefficient (Wildman–Crippen LogP) is 12.5. The predicted molar refractivity (Wildman–Crippen MR) is 190 cm³/mol. The van der Waals surface area contributed by atoms with E-state index in [1.807, 2.05) is 0 Å². The largest absolute Gasteiger partial charge is 0.0622 e. The molecule has 202 valence electrons. The molecule has 0 atom stereocenters. The summed E-state index contributed by atoms with van der Waals surface area (Å²) in [7, 11) is 0. The maximum absolute atomic E-state index is 2.44. The van der Waals surface area contributed by atoms with Gasteiger partial charge in [0.25, 0.3) is 0 Å². The normalized spacial score (nSPS) is 12.1. The van der Waals surface area contributed by atoms with Crippen LogP contribution in [-0.2, 0) is 0 Å². The minimum Gasteiger partial charge on any atom is -0.0622 e. The van der Waals surface area contributed by atoms with Crippen molar-refractivity contribution in [3.05, 3.63) is 158 Å². The van der Waals surface area contributed by atoms with Crippen LogP contribution in [0.25, 0.3) is 98.0 Å². The zero-order valence-corrected chi connectivity index (χ0v) is 24.0. The second-order valence-electron chi connectivity index (χ2n) is 12.0. The summed E-state index contributed by atoms with van der Waals surface area (Å²) in [6, 6.07) is 58.5. The first-order valence-electron chi connectivity index (χ1n) is 15.4. The maximum atomic E-state index is 2.44. The molecule has 0 heteroatoms. The van der Waals surface area contributed by atoms with Gasteiger partial charge in [-0.2, -0.15) is 0 Å². The van der Waals surface area contributed by atoms with Gasteiger partial charge in [-0.1, -0.05) is 146 Å². The Morgan fingerprint density at radius 3 is 1.07 bits per heavy atom. The van der Waals surface area contributed by atoms with E-state index in [-0.39, 0.29) is 0 Å². The number of hydrogen-bond acceptors (Lipinski definition) is 0. The Balaban J connectivity index is 1.32. The smallest absolute Gasteiger partial charge is 0.00201 e. The van der Waals surface area contributed by atoms with Crippen LogP contribution in [0.15, 0.2) is 158 Å². The fourth-order valence-corrected chi connectivity index (χ4v) is 7.84. The third-order valence-electron chi connectivity index (χ3n) is 9.75. The molecule has 10 aromatic carbocycles. The van der Waals surface area contributed by atoms with E-state index in [1.165, 1.54) is 98.0 Å². The Kier molecular flexibility index (Phi) is 4.81. The van der Waals surface area contributed by atoms with Gasteiger partial charge in [0, 0.05) is 0 Å². The molecular weight excluding hydrogens is 528 g/mol. The van der Waals surface area contributed by atoms with Crippen LogP contribution in [0.3, 0.4) is 0 Å². The third-order valence-corrected chi connectivity index (χ3v) is 9.75. The molecule has 44 heavy (non-hydrogen) atoms. The molecule has 0 aliphatic heterocycles. The minimum absolute atomic E-state index is 1.26. The zero-order valence-electron chi connectivity index (χ0n) is 24.0. The van der Waals surface area contributed by atoms with E-state index in [9.17, 15) is 0 Å². The van der Waals surface area contributed by atoms with E-state index >= 15 is 0 Å². The molecule has 0 aliphatic rings. The van der Waals surface area contributed by atoms with Crippen LogP contribution >= 0.6 is 0 Å². The molecule has 0 spiro atoms. The van der Waals surface area contributed by atoms with Crippen LogP contribution in [0.2, 0.25) is 0 Å². The lowest BCUT2D eigenvalue weighted by Gasteiger charge is -2.20. The van der Waals surface area contributed by atoms with Gasteiger partial charge in [-0.25, -0.2) is 0 Å². The van der Waals surface area contributed by atoms with Gasteiger partial charge in [-0.15, -0.1) is 0 Å². The summed E-state index contributed by atoms with van der Waals surface area (Å²) < 4.78 is 0. The minimum atomic E-state index is 1.26. The Labute approximate surface area is 255 Å². The van der Waals surface area contributed by atoms with Crippen LogP contribution < -0.4 is 0 Å². The average Bonchev–Trinajstić information content (AvgIpc) is 3.10. The Bertz CT molecular complexity index is 2490. The van der Waals surface area contributed by atoms with Gasteiger partial charge >= 0.3 is 0 Å². The van der Waals surface area contributed by atoms with E-state index in [0.717, 1.165) is 0 Å². The molecule has 0 aliphatic carbocycles. The molecule has 0 saturated carbocycles. The van der Waals surface area contributed by atoms with Crippen molar-refractivity contribution >= 4 is 64.6 Å². The fraction of sp³-hybridized carbons (Fsp3) is 0. The van der Waals surface area contributed by atoms with Crippen LogP contribution in [0, 0.1) is 0 Å². The van der Waals surface area contributed by atoms with E-state index in [1.54, 1.807) is 0 Å². The summed E-state index contributed by atoms with van der Waals surface area (Å²) in [6.07, 6.45) is 0. The Morgan fingerprint density at radius 1 is 0.227 bits per heavy atom. The van der Waals surface area contributed by atoms with Gasteiger partial charge in [0.15, 0.2) is 0 Å². The van der Waals surface area contributed by atoms with Gasteiger partial charge in [0.2, 0.25) is 0 Å². The van der Waals surface area contributed by atoms with Crippen molar-refractivity contribution in [2.45, 2.75) is 0 Å². The second-order valence-corrected chi connectivity index (χ2v) is 12.0. The van der Waals surface area contributed by atoms with Gasteiger partial charge < -0.3 is 0 Å². The Morgan fingerprint density at radius 2 is 0.614 bits per heavy atom. The van der Waals surface area contributed by atoms with Crippen molar-refractivity contribution in [2.75, 3.05) is 0 Å². The van der Waals surface area contributed by atoms with Gasteiger partial charge in [0.1, 0.15) is 0 Å². The van der Waals surface area contributed by atoms with E-state index in [4.69, 9.17) is 0 Å². The van der Waals surface area contributed by atoms with Crippen LogP contribution in [0.1, 0.15) is 0 Å². The molecule has 0 radical (unpaired) electrons. The van der Waals surface area contributed by atoms with Crippen molar-refractivity contribution in [3.8, 4) is 33.4 Å². The van der Waals surface area contributed by atoms with Crippen molar-refractivity contribution < 1.29 is 0 Å². The van der Waals surface area contributed by atoms with E-state index < -0.39 is 0 Å². The van der Waals surface area contributed by atoms with Crippen LogP contribution in [-0.4, -0.2) is 0 Å². The first kappa shape index (κ1) is 23.8. The molecular formula is C44H26. The molecule has 0 aromatic heterocycles. The highest BCUT2D eigenvalue weighted by atomic mass is 14.2. The molecule has 0 unspecified atom stereocenters. The molecule has 0 heterocycles. The molecule has 10 aromatic rings. The first-order chi connectivity index (χ1) is 21.8. The van der Waals surface area contributed by atoms with E-state index in [0.29, 0.717) is 0 Å². The summed E-state index contributed by atoms with van der Waals surface area (Å²) >= 11 is 0. The number of hydrogen-bond donors (Lipinski definition) is 0. The SMILES string of the molecule is c1ccc(-c2ccc3cc(-c4cc5ccc(-c6ccccc6)c6ccc7cccc4c7c56)c4cccc5ccc2c3c54)cc1. The fourth-order valence-electron chi connectivity index (χ4n) is 7.84. The standard InChI is InChI=1S/C44H26/c1-3-9-27(10-4-1)33-21-19-31-25-39(35-15-7-13-29-17-23-37(33)43(31)41(29)35)40-26-32-20-22-34(28-11-5-2-6-12-28)38-24-18-30-14-8-16-36(40)42(30)44(32)38/h1-26H. The van der Waals surface area contributed by atoms with Crippen molar-refractivity contribution in [1.82, 2.24) is 0 Å². The summed E-state index contributed by atoms with van der Waals surface area (Å²) in [6.45, 7) is 0. The lowest BCUT2D eigenvalue weighted by Crippen LogP contribution is -1.93. The van der Waals surface area contributed by atoms with Gasteiger partial charge in [-0.3, -0.25) is 0 Å². The number of rotatable bonds is 3. The van der Waals surface area contributed by atoms with Crippen molar-refractivity contribution in [2.24, 2.45) is 0 Å². The molecule has 0 amide bonds. The summed E-state index contributed by atoms with van der Waals surface area (Å²) in [5.74, 6) is 0. The Hall–Kier alpha value is -5.72. The van der Waals surface area contributed by atoms with Crippen molar-refractivity contribution in [1.29, 1.82) is 0 Å². The lowest BCUT2D eigenvalue weighted by atomic mass is 9.83. The molecule has 0 N–H and O–H groups in total. The van der Waals surface area contributed by atoms with Gasteiger partial charge in [0.05, 0.1) is 0 Å². The molecule has 0 saturated heterocycles. The van der Waals surface area contributed by atoms with Crippen LogP contribution in [0.5, 0.6) is 0 Å². The molecule has 0 fully saturated rings. The first-order valence-corrected chi connectivity index (χ1v) is 15.4. The summed E-state index contributed by atoms with van der Waals surface area (Å²) in [4.78, 5) is 0. The van der Waals surface area contributed by atoms with E-state index in [2.05, 4.69) is 158 Å². The monoisotopic (exact) mass is 554 g/mol. The maximum Gasteiger partial charge on any atom is -0.00201 e. The second kappa shape index (κ2) is 8.89. The lowest BCUT2D eigenvalue weighted by molar-refractivity contribution is 1.66. The summed E-state index contributed by atoms with van der Waals surface area (Å²) in [5.41, 5.74) is 7.68. The zero-order chi connectivity index (χ0) is 28.8. The highest BCUT2D eigenvalue weighted by Gasteiger charge is 2.20. The molecule has 0 nitrogen and oxygen atoms in total. The molecule has 0 bridgehead atoms. The topological polar surface area (TPSA) is 0 Å². The quantitative estimate of drug-likeness (QED) is 0.191. The van der Waals surface area contributed by atoms with Crippen LogP contribution in [0.4, 0.5) is 0 Å². The molecule has 10 rings (SSSR count). The number of benzene rings is 10. The highest BCUT2D eigenvalue weighted by molar-refractivity contribution is 6.32. The van der Waals surface area contributed by atoms with Crippen molar-refractivity contribution in [3.63, 3.8) is 0 Å². The van der Waals surface area contributed by atoms with Gasteiger partial charge in [-0.05, 0) is 110 Å². The average molecular weight is 555 g/mol. The summed E-state index contributed by atoms with van der Waals surface area (Å²) in [5, 5.41) is 15.8. The highest BCUT2D eigenvalue weighted by Crippen LogP contribution is 2.47. The third kappa shape index (κ3) is 3.23.